The summed E-state index contributed by atoms with van der Waals surface area (Å²) in [6, 6.07) is 10.1. The largest absolute Gasteiger partial charge is 0.291 e. The topological polar surface area (TPSA) is 75.4 Å². The number of halogens is 2. The van der Waals surface area contributed by atoms with Gasteiger partial charge in [-0.25, -0.2) is 0 Å². The van der Waals surface area contributed by atoms with Gasteiger partial charge in [-0.1, -0.05) is 42.8 Å². The maximum atomic E-state index is 10.3. The Morgan fingerprint density at radius 1 is 1.05 bits per heavy atom. The average molecular weight is 345 g/mol. The Balaban J connectivity index is 0.000000385. The lowest BCUT2D eigenvalue weighted by Gasteiger charge is -2.01. The van der Waals surface area contributed by atoms with Crippen LogP contribution in [-0.2, 0) is 0 Å². The molecule has 2 aromatic rings. The van der Waals surface area contributed by atoms with Crippen LogP contribution in [0.4, 0.5) is 11.4 Å². The quantitative estimate of drug-likeness (QED) is 0.545. The summed E-state index contributed by atoms with van der Waals surface area (Å²) in [5, 5.41) is 19.5. The molecule has 0 atom stereocenters. The van der Waals surface area contributed by atoms with Crippen molar-refractivity contribution in [2.45, 2.75) is 21.3 Å². The molecule has 7 heteroatoms. The van der Waals surface area contributed by atoms with Crippen molar-refractivity contribution in [1.29, 1.82) is 0 Å². The van der Waals surface area contributed by atoms with E-state index >= 15 is 0 Å². The van der Waals surface area contributed by atoms with Crippen LogP contribution in [0.25, 0.3) is 0 Å². The molecule has 2 rings (SSSR count). The molecule has 0 radical (unpaired) electrons. The summed E-state index contributed by atoms with van der Waals surface area (Å²) in [5.41, 5.74) is 4.40. The molecular weight excluding hydrogens is 327 g/mol. The smallest absolute Gasteiger partial charge is 0.288 e. The van der Waals surface area contributed by atoms with Crippen molar-refractivity contribution in [2.75, 3.05) is 5.48 Å². The minimum atomic E-state index is -0.491. The van der Waals surface area contributed by atoms with Crippen molar-refractivity contribution < 1.29 is 10.1 Å². The number of hydrogen-bond acceptors (Lipinski definition) is 4. The highest BCUT2D eigenvalue weighted by molar-refractivity contribution is 6.33. The maximum Gasteiger partial charge on any atom is 0.288 e. The molecule has 0 fully saturated rings. The highest BCUT2D eigenvalue weighted by Crippen LogP contribution is 2.24. The van der Waals surface area contributed by atoms with Crippen molar-refractivity contribution in [3.63, 3.8) is 0 Å². The number of nitro groups is 1. The normalized spacial score (nSPS) is 9.14. The third-order valence-corrected chi connectivity index (χ3v) is 3.19. The Morgan fingerprint density at radius 2 is 1.55 bits per heavy atom. The molecule has 0 saturated heterocycles. The molecule has 2 N–H and O–H groups in total. The number of hydrogen-bond donors (Lipinski definition) is 2. The Morgan fingerprint density at radius 3 is 1.95 bits per heavy atom. The summed E-state index contributed by atoms with van der Waals surface area (Å²) in [6.07, 6.45) is 0. The fourth-order valence-corrected chi connectivity index (χ4v) is 1.83. The van der Waals surface area contributed by atoms with Crippen molar-refractivity contribution in [3.8, 4) is 0 Å². The van der Waals surface area contributed by atoms with Crippen LogP contribution in [0.15, 0.2) is 36.4 Å². The number of nitrogens with zero attached hydrogens (tertiary/aromatic N) is 1. The standard InChI is InChI=1S/C7H6ClNO2.C7H8ClNO.CH4/c1-5-2-3-6(8)7(4-5)9(10)11;1-5-2-3-6(8)7(4-5)9-10;/h2-4H,1H3;2-4,9-10H,1H3;1H4. The molecule has 120 valence electrons. The van der Waals surface area contributed by atoms with Gasteiger partial charge in [-0.2, -0.15) is 0 Å². The second-order valence-electron chi connectivity index (χ2n) is 4.31. The minimum absolute atomic E-state index is 0. The van der Waals surface area contributed by atoms with Gasteiger partial charge in [0.15, 0.2) is 0 Å². The second-order valence-corrected chi connectivity index (χ2v) is 5.12. The zero-order chi connectivity index (χ0) is 16.0. The van der Waals surface area contributed by atoms with Gasteiger partial charge in [0.05, 0.1) is 15.6 Å². The molecule has 0 aliphatic rings. The zero-order valence-electron chi connectivity index (χ0n) is 11.4. The predicted octanol–water partition coefficient (Wildman–Crippen LogP) is 5.64. The van der Waals surface area contributed by atoms with Crippen LogP contribution in [0.1, 0.15) is 18.6 Å². The number of benzene rings is 2. The molecule has 0 aliphatic carbocycles. The van der Waals surface area contributed by atoms with Crippen molar-refractivity contribution in [2.24, 2.45) is 0 Å². The van der Waals surface area contributed by atoms with Crippen LogP contribution in [0.3, 0.4) is 0 Å². The number of aryl methyl sites for hydroxylation is 2. The predicted molar refractivity (Wildman–Crippen MR) is 91.2 cm³/mol. The van der Waals surface area contributed by atoms with Gasteiger partial charge < -0.3 is 0 Å². The fourth-order valence-electron chi connectivity index (χ4n) is 1.49. The van der Waals surface area contributed by atoms with E-state index < -0.39 is 4.92 Å². The van der Waals surface area contributed by atoms with E-state index in [1.165, 1.54) is 12.1 Å². The van der Waals surface area contributed by atoms with Crippen LogP contribution in [0.2, 0.25) is 10.0 Å². The number of anilines is 1. The Bertz CT molecular complexity index is 649. The first-order chi connectivity index (χ1) is 9.85. The van der Waals surface area contributed by atoms with Gasteiger partial charge in [-0.05, 0) is 43.2 Å². The van der Waals surface area contributed by atoms with E-state index in [1.807, 2.05) is 18.5 Å². The van der Waals surface area contributed by atoms with E-state index in [1.54, 1.807) is 25.1 Å². The summed E-state index contributed by atoms with van der Waals surface area (Å²) in [4.78, 5) is 9.80. The van der Waals surface area contributed by atoms with Gasteiger partial charge in [0, 0.05) is 6.07 Å². The Kier molecular flexibility index (Phi) is 8.48. The molecule has 22 heavy (non-hydrogen) atoms. The third kappa shape index (κ3) is 5.89. The Hall–Kier alpha value is -1.82. The van der Waals surface area contributed by atoms with Crippen LogP contribution in [-0.4, -0.2) is 10.1 Å². The van der Waals surface area contributed by atoms with E-state index in [0.717, 1.165) is 11.1 Å². The first kappa shape index (κ1) is 20.2. The summed E-state index contributed by atoms with van der Waals surface area (Å²) >= 11 is 11.2. The third-order valence-electron chi connectivity index (χ3n) is 2.54. The molecule has 5 nitrogen and oxygen atoms in total. The molecular formula is C15H18Cl2N2O3. The van der Waals surface area contributed by atoms with E-state index in [0.29, 0.717) is 10.7 Å². The maximum absolute atomic E-state index is 10.3. The van der Waals surface area contributed by atoms with Gasteiger partial charge in [0.2, 0.25) is 0 Å². The van der Waals surface area contributed by atoms with Gasteiger partial charge in [0.25, 0.3) is 5.69 Å². The van der Waals surface area contributed by atoms with Crippen molar-refractivity contribution in [3.05, 3.63) is 67.7 Å². The average Bonchev–Trinajstić information content (AvgIpc) is 2.44. The summed E-state index contributed by atoms with van der Waals surface area (Å²) < 4.78 is 0. The summed E-state index contributed by atoms with van der Waals surface area (Å²) in [6.45, 7) is 3.71. The SMILES string of the molecule is C.Cc1ccc(Cl)c(NO)c1.Cc1ccc(Cl)c([N+](=O)[O-])c1. The monoisotopic (exact) mass is 344 g/mol. The van der Waals surface area contributed by atoms with E-state index in [9.17, 15) is 10.1 Å². The van der Waals surface area contributed by atoms with Crippen LogP contribution in [0, 0.1) is 24.0 Å². The lowest BCUT2D eigenvalue weighted by Crippen LogP contribution is -1.89. The number of rotatable bonds is 2. The Labute approximate surface area is 139 Å². The lowest BCUT2D eigenvalue weighted by atomic mass is 10.2. The molecule has 0 amide bonds. The van der Waals surface area contributed by atoms with Crippen molar-refractivity contribution >= 4 is 34.6 Å². The van der Waals surface area contributed by atoms with Crippen molar-refractivity contribution in [1.82, 2.24) is 0 Å². The van der Waals surface area contributed by atoms with Gasteiger partial charge in [0.1, 0.15) is 5.02 Å². The summed E-state index contributed by atoms with van der Waals surface area (Å²) in [5.74, 6) is 0. The van der Waals surface area contributed by atoms with Crippen LogP contribution < -0.4 is 5.48 Å². The number of nitro benzene ring substituents is 1. The summed E-state index contributed by atoms with van der Waals surface area (Å²) in [7, 11) is 0. The molecule has 0 saturated carbocycles. The van der Waals surface area contributed by atoms with Crippen LogP contribution >= 0.6 is 23.2 Å². The van der Waals surface area contributed by atoms with Gasteiger partial charge >= 0.3 is 0 Å². The molecule has 2 aromatic carbocycles. The first-order valence-corrected chi connectivity index (χ1v) is 6.67. The molecule has 0 heterocycles. The fraction of sp³-hybridized carbons (Fsp3) is 0.200. The highest BCUT2D eigenvalue weighted by atomic mass is 35.5. The number of nitrogens with one attached hydrogen (secondary N) is 1. The minimum Gasteiger partial charge on any atom is -0.291 e. The highest BCUT2D eigenvalue weighted by Gasteiger charge is 2.10. The van der Waals surface area contributed by atoms with E-state index in [4.69, 9.17) is 28.4 Å². The van der Waals surface area contributed by atoms with E-state index in [2.05, 4.69) is 0 Å². The molecule has 0 bridgehead atoms. The molecule has 0 spiro atoms. The molecule has 0 aromatic heterocycles. The van der Waals surface area contributed by atoms with Crippen LogP contribution in [0.5, 0.6) is 0 Å². The van der Waals surface area contributed by atoms with E-state index in [-0.39, 0.29) is 18.1 Å². The first-order valence-electron chi connectivity index (χ1n) is 5.92. The second kappa shape index (κ2) is 9.25. The lowest BCUT2D eigenvalue weighted by molar-refractivity contribution is -0.384. The molecule has 0 aliphatic heterocycles. The van der Waals surface area contributed by atoms with Gasteiger partial charge in [-0.3, -0.25) is 20.8 Å². The zero-order valence-corrected chi connectivity index (χ0v) is 12.9. The van der Waals surface area contributed by atoms with Gasteiger partial charge in [-0.15, -0.1) is 0 Å². The molecule has 0 unspecified atom stereocenters.